The maximum atomic E-state index is 12.5. The molecule has 118 valence electrons. The lowest BCUT2D eigenvalue weighted by Crippen LogP contribution is -2.19. The first-order chi connectivity index (χ1) is 11.6. The summed E-state index contributed by atoms with van der Waals surface area (Å²) in [6.45, 7) is 0. The van der Waals surface area contributed by atoms with Gasteiger partial charge in [-0.3, -0.25) is 14.7 Å². The maximum absolute atomic E-state index is 12.5. The summed E-state index contributed by atoms with van der Waals surface area (Å²) in [5, 5.41) is 11.7. The van der Waals surface area contributed by atoms with E-state index in [-0.39, 0.29) is 11.1 Å². The molecule has 0 atom stereocenters. The summed E-state index contributed by atoms with van der Waals surface area (Å²) in [4.78, 5) is 27.6. The van der Waals surface area contributed by atoms with Gasteiger partial charge >= 0.3 is 0 Å². The van der Waals surface area contributed by atoms with Crippen LogP contribution in [0.3, 0.4) is 0 Å². The number of primary amides is 1. The average Bonchev–Trinajstić information content (AvgIpc) is 2.96. The summed E-state index contributed by atoms with van der Waals surface area (Å²) >= 11 is 0. The predicted molar refractivity (Wildman–Crippen MR) is 86.7 cm³/mol. The van der Waals surface area contributed by atoms with Crippen LogP contribution in [0, 0.1) is 11.3 Å². The molecule has 3 N–H and O–H groups in total. The van der Waals surface area contributed by atoms with E-state index in [9.17, 15) is 9.59 Å². The van der Waals surface area contributed by atoms with Gasteiger partial charge in [0, 0.05) is 24.4 Å². The number of hydrogen-bond donors (Lipinski definition) is 2. The smallest absolute Gasteiger partial charge is 0.276 e. The van der Waals surface area contributed by atoms with Crippen molar-refractivity contribution < 1.29 is 4.79 Å². The minimum absolute atomic E-state index is 0.223. The van der Waals surface area contributed by atoms with Gasteiger partial charge in [-0.15, -0.1) is 0 Å². The van der Waals surface area contributed by atoms with Crippen LogP contribution in [-0.4, -0.2) is 20.7 Å². The lowest BCUT2D eigenvalue weighted by atomic mass is 10.1. The molecule has 2 aromatic heterocycles. The van der Waals surface area contributed by atoms with Gasteiger partial charge in [0.1, 0.15) is 0 Å². The van der Waals surface area contributed by atoms with Crippen molar-refractivity contribution in [2.24, 2.45) is 5.73 Å². The molecule has 0 aliphatic rings. The molecule has 1 aromatic carbocycles. The van der Waals surface area contributed by atoms with Gasteiger partial charge in [0.25, 0.3) is 5.56 Å². The van der Waals surface area contributed by atoms with Crippen LogP contribution in [0.5, 0.6) is 0 Å². The molecule has 0 saturated heterocycles. The van der Waals surface area contributed by atoms with Crippen LogP contribution in [0.15, 0.2) is 53.6 Å². The molecule has 0 bridgehead atoms. The molecular weight excluding hydrogens is 306 g/mol. The highest BCUT2D eigenvalue weighted by atomic mass is 16.1. The van der Waals surface area contributed by atoms with E-state index < -0.39 is 5.91 Å². The predicted octanol–water partition coefficient (Wildman–Crippen LogP) is 1.12. The van der Waals surface area contributed by atoms with Gasteiger partial charge < -0.3 is 5.73 Å². The quantitative estimate of drug-likeness (QED) is 0.749. The lowest BCUT2D eigenvalue weighted by Gasteiger charge is -2.01. The minimum Gasteiger partial charge on any atom is -0.366 e. The van der Waals surface area contributed by atoms with Crippen LogP contribution in [-0.2, 0) is 6.42 Å². The monoisotopic (exact) mass is 319 g/mol. The molecule has 2 heterocycles. The number of nitriles is 1. The SMILES string of the molecule is N#Cc1ccc(Cc2c[nH]n(-c3ccc(C(N)=O)cn3)c2=O)cc1. The van der Waals surface area contributed by atoms with Crippen LogP contribution in [0.25, 0.3) is 5.82 Å². The van der Waals surface area contributed by atoms with E-state index in [4.69, 9.17) is 11.0 Å². The zero-order chi connectivity index (χ0) is 17.1. The van der Waals surface area contributed by atoms with Crippen LogP contribution in [0.1, 0.15) is 27.0 Å². The van der Waals surface area contributed by atoms with Crippen LogP contribution < -0.4 is 11.3 Å². The van der Waals surface area contributed by atoms with Gasteiger partial charge in [-0.2, -0.15) is 5.26 Å². The molecule has 7 heteroatoms. The molecular formula is C17H13N5O2. The highest BCUT2D eigenvalue weighted by Gasteiger charge is 2.10. The Morgan fingerprint density at radius 3 is 2.58 bits per heavy atom. The van der Waals surface area contributed by atoms with Crippen molar-refractivity contribution in [3.05, 3.63) is 81.4 Å². The van der Waals surface area contributed by atoms with E-state index in [1.54, 1.807) is 24.4 Å². The van der Waals surface area contributed by atoms with Crippen LogP contribution >= 0.6 is 0 Å². The van der Waals surface area contributed by atoms with Crippen molar-refractivity contribution in [2.45, 2.75) is 6.42 Å². The topological polar surface area (TPSA) is 118 Å². The Balaban J connectivity index is 1.86. The Hall–Kier alpha value is -3.66. The zero-order valence-electron chi connectivity index (χ0n) is 12.6. The lowest BCUT2D eigenvalue weighted by molar-refractivity contribution is 0.1000. The Labute approximate surface area is 137 Å². The van der Waals surface area contributed by atoms with E-state index in [0.29, 0.717) is 23.4 Å². The normalized spacial score (nSPS) is 10.3. The van der Waals surface area contributed by atoms with Crippen molar-refractivity contribution >= 4 is 5.91 Å². The largest absolute Gasteiger partial charge is 0.366 e. The van der Waals surface area contributed by atoms with Gasteiger partial charge in [0.05, 0.1) is 17.2 Å². The highest BCUT2D eigenvalue weighted by molar-refractivity contribution is 5.92. The van der Waals surface area contributed by atoms with E-state index in [0.717, 1.165) is 5.56 Å². The highest BCUT2D eigenvalue weighted by Crippen LogP contribution is 2.09. The number of carbonyl (C=O) groups is 1. The van der Waals surface area contributed by atoms with Crippen molar-refractivity contribution in [3.8, 4) is 11.9 Å². The number of carbonyl (C=O) groups excluding carboxylic acids is 1. The first-order valence-corrected chi connectivity index (χ1v) is 7.13. The molecule has 1 amide bonds. The number of rotatable bonds is 4. The molecule has 0 aliphatic carbocycles. The minimum atomic E-state index is -0.575. The standard InChI is InChI=1S/C17H13N5O2/c18-8-12-3-1-11(2-4-12)7-14-10-21-22(17(14)24)15-6-5-13(9-20-15)16(19)23/h1-6,9-10,21H,7H2,(H2,19,23). The molecule has 0 unspecified atom stereocenters. The summed E-state index contributed by atoms with van der Waals surface area (Å²) in [5.74, 6) is -0.203. The Bertz CT molecular complexity index is 976. The second kappa shape index (κ2) is 6.22. The number of nitrogens with two attached hydrogens (primary N) is 1. The second-order valence-corrected chi connectivity index (χ2v) is 5.19. The molecule has 0 spiro atoms. The molecule has 0 saturated carbocycles. The van der Waals surface area contributed by atoms with Crippen LogP contribution in [0.4, 0.5) is 0 Å². The third-order valence-electron chi connectivity index (χ3n) is 3.58. The molecule has 7 nitrogen and oxygen atoms in total. The second-order valence-electron chi connectivity index (χ2n) is 5.19. The van der Waals surface area contributed by atoms with Crippen molar-refractivity contribution in [2.75, 3.05) is 0 Å². The maximum Gasteiger partial charge on any atom is 0.276 e. The molecule has 0 fully saturated rings. The summed E-state index contributed by atoms with van der Waals surface area (Å²) in [7, 11) is 0. The molecule has 3 rings (SSSR count). The average molecular weight is 319 g/mol. The van der Waals surface area contributed by atoms with Crippen LogP contribution in [0.2, 0.25) is 0 Å². The van der Waals surface area contributed by atoms with E-state index >= 15 is 0 Å². The summed E-state index contributed by atoms with van der Waals surface area (Å²) in [6, 6.07) is 12.2. The summed E-state index contributed by atoms with van der Waals surface area (Å²) < 4.78 is 1.30. The van der Waals surface area contributed by atoms with Gasteiger partial charge in [0.2, 0.25) is 5.91 Å². The summed E-state index contributed by atoms with van der Waals surface area (Å²) in [6.07, 6.45) is 3.38. The number of aromatic nitrogens is 3. The van der Waals surface area contributed by atoms with Gasteiger partial charge in [0.15, 0.2) is 5.82 Å². The first kappa shape index (κ1) is 15.2. The molecule has 3 aromatic rings. The number of nitrogens with one attached hydrogen (secondary N) is 1. The number of pyridine rings is 1. The van der Waals surface area contributed by atoms with Crippen molar-refractivity contribution in [1.82, 2.24) is 14.8 Å². The van der Waals surface area contributed by atoms with Gasteiger partial charge in [-0.25, -0.2) is 9.67 Å². The molecule has 24 heavy (non-hydrogen) atoms. The van der Waals surface area contributed by atoms with E-state index in [1.165, 1.54) is 16.9 Å². The Morgan fingerprint density at radius 2 is 2.00 bits per heavy atom. The van der Waals surface area contributed by atoms with E-state index in [2.05, 4.69) is 16.2 Å². The number of aromatic amines is 1. The van der Waals surface area contributed by atoms with Gasteiger partial charge in [-0.05, 0) is 29.8 Å². The third kappa shape index (κ3) is 2.94. The zero-order valence-corrected chi connectivity index (χ0v) is 12.6. The Kier molecular flexibility index (Phi) is 3.95. The fourth-order valence-corrected chi connectivity index (χ4v) is 2.28. The molecule has 0 aliphatic heterocycles. The van der Waals surface area contributed by atoms with Crippen molar-refractivity contribution in [1.29, 1.82) is 5.26 Å². The van der Waals surface area contributed by atoms with Crippen molar-refractivity contribution in [3.63, 3.8) is 0 Å². The number of amides is 1. The van der Waals surface area contributed by atoms with Gasteiger partial charge in [-0.1, -0.05) is 12.1 Å². The number of benzene rings is 1. The first-order valence-electron chi connectivity index (χ1n) is 7.13. The number of hydrogen-bond acceptors (Lipinski definition) is 4. The fourth-order valence-electron chi connectivity index (χ4n) is 2.28. The van der Waals surface area contributed by atoms with E-state index in [1.807, 2.05) is 12.1 Å². The third-order valence-corrected chi connectivity index (χ3v) is 3.58. The Morgan fingerprint density at radius 1 is 1.25 bits per heavy atom. The number of nitrogens with zero attached hydrogens (tertiary/aromatic N) is 3. The fraction of sp³-hybridized carbons (Fsp3) is 0.0588. The summed E-state index contributed by atoms with van der Waals surface area (Å²) in [5.41, 5.74) is 7.29. The molecule has 0 radical (unpaired) electrons. The number of H-pyrrole nitrogens is 1.